The predicted molar refractivity (Wildman–Crippen MR) is 64.1 cm³/mol. The van der Waals surface area contributed by atoms with Gasteiger partial charge in [0.15, 0.2) is 0 Å². The molecule has 2 atom stereocenters. The van der Waals surface area contributed by atoms with Gasteiger partial charge in [-0.15, -0.1) is 0 Å². The maximum atomic E-state index is 11.0. The van der Waals surface area contributed by atoms with Crippen molar-refractivity contribution in [2.24, 2.45) is 16.1 Å². The van der Waals surface area contributed by atoms with Crippen LogP contribution in [0.25, 0.3) is 0 Å². The Morgan fingerprint density at radius 3 is 2.36 bits per heavy atom. The first-order valence-corrected chi connectivity index (χ1v) is 6.50. The van der Waals surface area contributed by atoms with Crippen molar-refractivity contribution >= 4 is 16.6 Å². The summed E-state index contributed by atoms with van der Waals surface area (Å²) in [6, 6.07) is 0. The van der Waals surface area contributed by atoms with Gasteiger partial charge in [0, 0.05) is 34.3 Å². The number of hydrogen-bond acceptors (Lipinski definition) is 2. The quantitative estimate of drug-likeness (QED) is 0.575. The second kappa shape index (κ2) is 5.49. The van der Waals surface area contributed by atoms with Crippen LogP contribution in [0.4, 0.5) is 0 Å². The van der Waals surface area contributed by atoms with Crippen LogP contribution in [0.5, 0.6) is 0 Å². The number of amidine groups is 1. The molecule has 0 aliphatic rings. The third kappa shape index (κ3) is 5.37. The molecule has 0 rings (SSSR count). The fourth-order valence-electron chi connectivity index (χ4n) is 0.770. The first-order chi connectivity index (χ1) is 6.25. The summed E-state index contributed by atoms with van der Waals surface area (Å²) in [4.78, 5) is 4.28. The highest BCUT2D eigenvalue weighted by Crippen LogP contribution is 2.12. The highest BCUT2D eigenvalue weighted by Gasteiger charge is 2.15. The van der Waals surface area contributed by atoms with Crippen molar-refractivity contribution in [1.82, 2.24) is 0 Å². The number of nitrogens with two attached hydrogens (primary N) is 1. The molecule has 0 spiro atoms. The summed E-state index contributed by atoms with van der Waals surface area (Å²) in [6.07, 6.45) is 2.56. The lowest BCUT2D eigenvalue weighted by atomic mass is 9.95. The number of aliphatic imine (C=N–C) groups is 1. The summed E-state index contributed by atoms with van der Waals surface area (Å²) in [5.74, 6) is 0.673. The van der Waals surface area contributed by atoms with Gasteiger partial charge >= 0.3 is 0 Å². The summed E-state index contributed by atoms with van der Waals surface area (Å²) in [6.45, 7) is 8.75. The Bertz CT molecular complexity index is 231. The van der Waals surface area contributed by atoms with Crippen LogP contribution in [0, 0.1) is 5.41 Å². The van der Waals surface area contributed by atoms with E-state index < -0.39 is 10.8 Å². The zero-order valence-electron chi connectivity index (χ0n) is 9.83. The maximum Gasteiger partial charge on any atom is 0.0991 e. The van der Waals surface area contributed by atoms with Crippen molar-refractivity contribution in [2.75, 3.05) is 12.8 Å². The molecule has 2 N–H and O–H groups in total. The van der Waals surface area contributed by atoms with Crippen LogP contribution >= 0.6 is 0 Å². The Morgan fingerprint density at radius 1 is 1.50 bits per heavy atom. The largest absolute Gasteiger partial charge is 0.387 e. The van der Waals surface area contributed by atoms with Gasteiger partial charge in [-0.25, -0.2) is 0 Å². The Morgan fingerprint density at radius 2 is 2.00 bits per heavy atom. The molecule has 14 heavy (non-hydrogen) atoms. The monoisotopic (exact) mass is 218 g/mol. The van der Waals surface area contributed by atoms with Crippen LogP contribution < -0.4 is 5.73 Å². The van der Waals surface area contributed by atoms with Crippen LogP contribution in [-0.2, 0) is 10.8 Å². The molecule has 0 aromatic rings. The average Bonchev–Trinajstić information content (AvgIpc) is 2.01. The third-order valence-corrected chi connectivity index (χ3v) is 3.52. The van der Waals surface area contributed by atoms with Gasteiger partial charge in [0.05, 0.1) is 5.84 Å². The van der Waals surface area contributed by atoms with E-state index in [-0.39, 0.29) is 10.7 Å². The molecule has 0 saturated heterocycles. The van der Waals surface area contributed by atoms with Crippen LogP contribution in [0.1, 0.15) is 34.1 Å². The Labute approximate surface area is 89.6 Å². The molecular weight excluding hydrogens is 196 g/mol. The zero-order valence-corrected chi connectivity index (χ0v) is 10.6. The molecule has 0 saturated carbocycles. The molecule has 4 heteroatoms. The molecule has 2 unspecified atom stereocenters. The molecule has 0 aromatic heterocycles. The minimum Gasteiger partial charge on any atom is -0.387 e. The average molecular weight is 218 g/mol. The predicted octanol–water partition coefficient (Wildman–Crippen LogP) is 1.55. The van der Waals surface area contributed by atoms with Crippen molar-refractivity contribution in [1.29, 1.82) is 0 Å². The van der Waals surface area contributed by atoms with Gasteiger partial charge in [-0.3, -0.25) is 9.20 Å². The van der Waals surface area contributed by atoms with E-state index in [1.165, 1.54) is 0 Å². The van der Waals surface area contributed by atoms with Gasteiger partial charge in [-0.2, -0.15) is 0 Å². The van der Waals surface area contributed by atoms with Crippen LogP contribution in [0.3, 0.4) is 0 Å². The van der Waals surface area contributed by atoms with E-state index in [1.54, 1.807) is 6.26 Å². The molecule has 0 bridgehead atoms. The van der Waals surface area contributed by atoms with Crippen LogP contribution in [0.15, 0.2) is 4.99 Å². The van der Waals surface area contributed by atoms with Crippen molar-refractivity contribution in [3.63, 3.8) is 0 Å². The van der Waals surface area contributed by atoms with E-state index in [0.717, 1.165) is 6.42 Å². The highest BCUT2D eigenvalue weighted by atomic mass is 32.2. The van der Waals surface area contributed by atoms with Gasteiger partial charge in [-0.05, 0) is 6.42 Å². The minimum atomic E-state index is -0.756. The van der Waals surface area contributed by atoms with E-state index in [0.29, 0.717) is 12.4 Å². The SMILES string of the molecule is CC(CCN=C(N)C(C)(C)C)S(C)=O. The molecule has 0 heterocycles. The highest BCUT2D eigenvalue weighted by molar-refractivity contribution is 7.84. The van der Waals surface area contributed by atoms with Gasteiger partial charge in [0.25, 0.3) is 0 Å². The Hall–Kier alpha value is -0.380. The fraction of sp³-hybridized carbons (Fsp3) is 0.900. The number of nitrogens with zero attached hydrogens (tertiary/aromatic N) is 1. The second-order valence-electron chi connectivity index (χ2n) is 4.61. The zero-order chi connectivity index (χ0) is 11.4. The lowest BCUT2D eigenvalue weighted by Gasteiger charge is -2.17. The normalized spacial score (nSPS) is 17.9. The molecule has 0 fully saturated rings. The molecule has 0 radical (unpaired) electrons. The molecular formula is C10H22N2OS. The summed E-state index contributed by atoms with van der Waals surface area (Å²) in [7, 11) is -0.756. The topological polar surface area (TPSA) is 55.4 Å². The first kappa shape index (κ1) is 13.6. The minimum absolute atomic E-state index is 0.0609. The van der Waals surface area contributed by atoms with Gasteiger partial charge in [-0.1, -0.05) is 27.7 Å². The summed E-state index contributed by atoms with van der Waals surface area (Å²) < 4.78 is 11.0. The third-order valence-electron chi connectivity index (χ3n) is 2.15. The lowest BCUT2D eigenvalue weighted by Crippen LogP contribution is -2.29. The molecule has 3 nitrogen and oxygen atoms in total. The van der Waals surface area contributed by atoms with E-state index in [4.69, 9.17) is 5.73 Å². The second-order valence-corrected chi connectivity index (χ2v) is 6.42. The van der Waals surface area contributed by atoms with Gasteiger partial charge in [0.2, 0.25) is 0 Å². The van der Waals surface area contributed by atoms with E-state index in [2.05, 4.69) is 4.99 Å². The molecule has 84 valence electrons. The van der Waals surface area contributed by atoms with Gasteiger partial charge < -0.3 is 5.73 Å². The van der Waals surface area contributed by atoms with Gasteiger partial charge in [0.1, 0.15) is 0 Å². The fourth-order valence-corrected chi connectivity index (χ4v) is 1.21. The van der Waals surface area contributed by atoms with Crippen LogP contribution in [0.2, 0.25) is 0 Å². The molecule has 0 aliphatic carbocycles. The first-order valence-electron chi connectivity index (χ1n) is 4.87. The number of rotatable bonds is 4. The summed E-state index contributed by atoms with van der Waals surface area (Å²) >= 11 is 0. The molecule has 0 amide bonds. The Kier molecular flexibility index (Phi) is 5.34. The van der Waals surface area contributed by atoms with Crippen molar-refractivity contribution in [2.45, 2.75) is 39.4 Å². The van der Waals surface area contributed by atoms with Crippen molar-refractivity contribution < 1.29 is 4.21 Å². The van der Waals surface area contributed by atoms with E-state index in [9.17, 15) is 4.21 Å². The smallest absolute Gasteiger partial charge is 0.0991 e. The molecule has 0 aromatic carbocycles. The standard InChI is InChI=1S/C10H22N2OS/c1-8(14(5)13)6-7-12-9(11)10(2,3)4/h8H,6-7H2,1-5H3,(H2,11,12). The van der Waals surface area contributed by atoms with E-state index in [1.807, 2.05) is 27.7 Å². The number of hydrogen-bond donors (Lipinski definition) is 1. The lowest BCUT2D eigenvalue weighted by molar-refractivity contribution is 0.580. The van der Waals surface area contributed by atoms with E-state index >= 15 is 0 Å². The summed E-state index contributed by atoms with van der Waals surface area (Å²) in [5, 5.41) is 0.200. The maximum absolute atomic E-state index is 11.0. The van der Waals surface area contributed by atoms with Crippen molar-refractivity contribution in [3.8, 4) is 0 Å². The summed E-state index contributed by atoms with van der Waals surface area (Å²) in [5.41, 5.74) is 5.73. The van der Waals surface area contributed by atoms with Crippen molar-refractivity contribution in [3.05, 3.63) is 0 Å². The molecule has 0 aliphatic heterocycles. The Balaban J connectivity index is 4.00. The van der Waals surface area contributed by atoms with Crippen LogP contribution in [-0.4, -0.2) is 28.1 Å².